The van der Waals surface area contributed by atoms with Crippen molar-refractivity contribution in [1.82, 2.24) is 24.6 Å². The summed E-state index contributed by atoms with van der Waals surface area (Å²) in [6, 6.07) is 7.95. The van der Waals surface area contributed by atoms with Crippen molar-refractivity contribution in [1.29, 1.82) is 0 Å². The van der Waals surface area contributed by atoms with Crippen LogP contribution in [-0.4, -0.2) is 75.7 Å². The second-order valence-electron chi connectivity index (χ2n) is 10.3. The van der Waals surface area contributed by atoms with E-state index in [-0.39, 0.29) is 12.7 Å². The van der Waals surface area contributed by atoms with E-state index in [1.54, 1.807) is 31.3 Å². The van der Waals surface area contributed by atoms with Gasteiger partial charge < -0.3 is 5.32 Å². The first-order chi connectivity index (χ1) is 18.6. The molecule has 1 aromatic carbocycles. The van der Waals surface area contributed by atoms with Gasteiger partial charge in [-0.3, -0.25) is 19.2 Å². The first kappa shape index (κ1) is 27.4. The van der Waals surface area contributed by atoms with Gasteiger partial charge in [0.2, 0.25) is 0 Å². The summed E-state index contributed by atoms with van der Waals surface area (Å²) >= 11 is 0. The van der Waals surface area contributed by atoms with Gasteiger partial charge in [-0.2, -0.15) is 27.1 Å². The van der Waals surface area contributed by atoms with Crippen LogP contribution in [0.15, 0.2) is 48.9 Å². The van der Waals surface area contributed by atoms with Gasteiger partial charge in [0.15, 0.2) is 0 Å². The van der Waals surface area contributed by atoms with Crippen LogP contribution in [0.2, 0.25) is 0 Å². The molecular weight excluding hydrogens is 522 g/mol. The van der Waals surface area contributed by atoms with Gasteiger partial charge in [-0.15, -0.1) is 0 Å². The van der Waals surface area contributed by atoms with Gasteiger partial charge in [0.25, 0.3) is 0 Å². The zero-order valence-corrected chi connectivity index (χ0v) is 21.4. The summed E-state index contributed by atoms with van der Waals surface area (Å²) in [5, 5.41) is 7.06. The molecule has 0 spiro atoms. The van der Waals surface area contributed by atoms with Crippen LogP contribution in [0, 0.1) is 0 Å². The molecule has 1 saturated heterocycles. The van der Waals surface area contributed by atoms with E-state index >= 15 is 0 Å². The van der Waals surface area contributed by atoms with Gasteiger partial charge in [0.05, 0.1) is 49.1 Å². The zero-order chi connectivity index (χ0) is 27.7. The summed E-state index contributed by atoms with van der Waals surface area (Å²) < 4.78 is 79.8. The van der Waals surface area contributed by atoms with Gasteiger partial charge in [-0.1, -0.05) is 18.2 Å². The highest BCUT2D eigenvalue weighted by Crippen LogP contribution is 2.40. The monoisotopic (exact) mass is 552 g/mol. The van der Waals surface area contributed by atoms with Gasteiger partial charge in [-0.05, 0) is 48.6 Å². The Morgan fingerprint density at radius 1 is 1.08 bits per heavy atom. The van der Waals surface area contributed by atoms with Crippen molar-refractivity contribution in [3.05, 3.63) is 65.7 Å². The van der Waals surface area contributed by atoms with Crippen molar-refractivity contribution in [2.24, 2.45) is 0 Å². The Balaban J connectivity index is 1.40. The molecule has 3 aromatic rings. The molecule has 1 fully saturated rings. The molecule has 0 aliphatic carbocycles. The van der Waals surface area contributed by atoms with E-state index < -0.39 is 31.4 Å². The molecule has 0 radical (unpaired) electrons. The molecule has 2 aliphatic heterocycles. The van der Waals surface area contributed by atoms with Gasteiger partial charge >= 0.3 is 12.7 Å². The first-order valence-electron chi connectivity index (χ1n) is 12.9. The molecule has 4 heterocycles. The lowest BCUT2D eigenvalue weighted by Gasteiger charge is -2.42. The van der Waals surface area contributed by atoms with Crippen molar-refractivity contribution in [2.75, 3.05) is 38.2 Å². The van der Waals surface area contributed by atoms with Crippen molar-refractivity contribution in [3.63, 3.8) is 0 Å². The topological polar surface area (TPSA) is 49.2 Å². The normalized spacial score (nSPS) is 20.7. The molecule has 39 heavy (non-hydrogen) atoms. The average molecular weight is 553 g/mol. The highest BCUT2D eigenvalue weighted by Gasteiger charge is 2.41. The Morgan fingerprint density at radius 3 is 2.51 bits per heavy atom. The molecule has 210 valence electrons. The number of rotatable bonds is 9. The van der Waals surface area contributed by atoms with Crippen LogP contribution in [0.5, 0.6) is 0 Å². The van der Waals surface area contributed by atoms with E-state index in [4.69, 9.17) is 0 Å². The molecule has 0 amide bonds. The molecule has 0 unspecified atom stereocenters. The van der Waals surface area contributed by atoms with E-state index in [1.165, 1.54) is 17.3 Å². The van der Waals surface area contributed by atoms with Crippen molar-refractivity contribution in [3.8, 4) is 11.1 Å². The summed E-state index contributed by atoms with van der Waals surface area (Å²) in [5.74, 6) is 0. The smallest absolute Gasteiger partial charge is 0.378 e. The Labute approximate surface area is 222 Å². The van der Waals surface area contributed by atoms with E-state index in [9.17, 15) is 26.3 Å². The number of hydrogen-bond donors (Lipinski definition) is 1. The fourth-order valence-electron chi connectivity index (χ4n) is 5.49. The van der Waals surface area contributed by atoms with E-state index in [0.29, 0.717) is 39.9 Å². The number of nitrogens with zero attached hydrogens (tertiary/aromatic N) is 5. The molecule has 2 aromatic heterocycles. The van der Waals surface area contributed by atoms with Gasteiger partial charge in [0.1, 0.15) is 0 Å². The highest BCUT2D eigenvalue weighted by atomic mass is 19.4. The van der Waals surface area contributed by atoms with Crippen molar-refractivity contribution < 1.29 is 26.3 Å². The second-order valence-corrected chi connectivity index (χ2v) is 10.3. The third kappa shape index (κ3) is 6.22. The van der Waals surface area contributed by atoms with E-state index in [2.05, 4.69) is 20.3 Å². The predicted octanol–water partition coefficient (Wildman–Crippen LogP) is 5.69. The van der Waals surface area contributed by atoms with E-state index in [1.807, 2.05) is 12.1 Å². The molecule has 1 N–H and O–H groups in total. The molecule has 0 bridgehead atoms. The number of hydrogen-bond acceptors (Lipinski definition) is 5. The summed E-state index contributed by atoms with van der Waals surface area (Å²) in [7, 11) is 0. The van der Waals surface area contributed by atoms with Crippen molar-refractivity contribution in [2.45, 2.75) is 50.6 Å². The number of alkyl halides is 6. The largest absolute Gasteiger partial charge is 0.401 e. The maximum atomic E-state index is 13.6. The third-order valence-electron chi connectivity index (χ3n) is 7.35. The summed E-state index contributed by atoms with van der Waals surface area (Å²) in [6.45, 7) is -0.107. The fraction of sp³-hybridized carbons (Fsp3) is 0.481. The van der Waals surface area contributed by atoms with Crippen LogP contribution in [-0.2, 0) is 6.42 Å². The number of aromatic nitrogens is 3. The third-order valence-corrected chi connectivity index (χ3v) is 7.35. The SMILES string of the molecule is C[C@H]1Cc2cc(-c3cnn(C(F)F)c3)ccc2[C@@H](c2ccc(NC3CN(CCCF)C3)cn2)N1CC(F)(F)F. The number of pyridine rings is 1. The lowest BCUT2D eigenvalue weighted by Crippen LogP contribution is -2.54. The Kier molecular flexibility index (Phi) is 7.86. The first-order valence-corrected chi connectivity index (χ1v) is 12.9. The lowest BCUT2D eigenvalue weighted by molar-refractivity contribution is -0.155. The fourth-order valence-corrected chi connectivity index (χ4v) is 5.49. The standard InChI is InChI=1S/C27H30F6N6/c1-17-9-19-10-18(20-11-35-39(13-20)26(29)30)3-5-23(19)25(38(17)16-27(31,32)33)24-6-4-21(12-34-24)36-22-14-37(15-22)8-2-7-28/h3-6,10-13,17,22,25-26,36H,2,7-9,14-16H2,1H3/t17-,25-/m0/s1. The Bertz CT molecular complexity index is 1250. The molecule has 2 aliphatic rings. The number of likely N-dealkylation sites (tertiary alicyclic amines) is 1. The van der Waals surface area contributed by atoms with E-state index in [0.717, 1.165) is 30.9 Å². The Morgan fingerprint density at radius 2 is 1.87 bits per heavy atom. The second kappa shape index (κ2) is 11.2. The van der Waals surface area contributed by atoms with Crippen molar-refractivity contribution >= 4 is 5.69 Å². The summed E-state index contributed by atoms with van der Waals surface area (Å²) in [5.41, 5.74) is 4.00. The molecular formula is C27H30F6N6. The number of fused-ring (bicyclic) bond motifs is 1. The lowest BCUT2D eigenvalue weighted by atomic mass is 9.85. The highest BCUT2D eigenvalue weighted by molar-refractivity contribution is 5.64. The van der Waals surface area contributed by atoms with Crippen LogP contribution < -0.4 is 5.32 Å². The predicted molar refractivity (Wildman–Crippen MR) is 135 cm³/mol. The Hall–Kier alpha value is -3.12. The van der Waals surface area contributed by atoms with Crippen LogP contribution in [0.1, 0.15) is 42.8 Å². The number of benzene rings is 1. The molecule has 12 heteroatoms. The van der Waals surface area contributed by atoms with Gasteiger partial charge in [0, 0.05) is 37.4 Å². The number of anilines is 1. The maximum absolute atomic E-state index is 13.6. The number of nitrogens with one attached hydrogen (secondary N) is 1. The molecule has 2 atom stereocenters. The zero-order valence-electron chi connectivity index (χ0n) is 21.4. The minimum atomic E-state index is -4.40. The van der Waals surface area contributed by atoms with Gasteiger partial charge in [-0.25, -0.2) is 4.68 Å². The van der Waals surface area contributed by atoms with Crippen LogP contribution >= 0.6 is 0 Å². The summed E-state index contributed by atoms with van der Waals surface area (Å²) in [4.78, 5) is 8.14. The number of halogens is 6. The minimum absolute atomic E-state index is 0.210. The molecule has 6 nitrogen and oxygen atoms in total. The van der Waals surface area contributed by atoms with Crippen LogP contribution in [0.3, 0.4) is 0 Å². The van der Waals surface area contributed by atoms with Crippen LogP contribution in [0.4, 0.5) is 32.0 Å². The maximum Gasteiger partial charge on any atom is 0.401 e. The quantitative estimate of drug-likeness (QED) is 0.346. The minimum Gasteiger partial charge on any atom is -0.378 e. The van der Waals surface area contributed by atoms with Crippen LogP contribution in [0.25, 0.3) is 11.1 Å². The molecule has 0 saturated carbocycles. The average Bonchev–Trinajstić information content (AvgIpc) is 3.36. The summed E-state index contributed by atoms with van der Waals surface area (Å²) in [6.07, 6.45) is 0.731. The molecule has 5 rings (SSSR count).